The van der Waals surface area contributed by atoms with E-state index in [0.717, 1.165) is 10.5 Å². The van der Waals surface area contributed by atoms with E-state index in [1.54, 1.807) is 43.6 Å². The lowest BCUT2D eigenvalue weighted by molar-refractivity contribution is -0.137. The van der Waals surface area contributed by atoms with Crippen LogP contribution in [0.15, 0.2) is 46.9 Å². The number of rotatable bonds is 4. The van der Waals surface area contributed by atoms with Crippen LogP contribution in [0.25, 0.3) is 0 Å². The summed E-state index contributed by atoms with van der Waals surface area (Å²) in [5.74, 6) is 0.209. The molecule has 1 amide bonds. The van der Waals surface area contributed by atoms with Gasteiger partial charge in [-0.15, -0.1) is 0 Å². The van der Waals surface area contributed by atoms with Gasteiger partial charge in [0.1, 0.15) is 17.5 Å². The number of thioether (sulfide) groups is 1. The number of hydrogen-bond acceptors (Lipinski definition) is 5. The molecular weight excluding hydrogens is 485 g/mol. The van der Waals surface area contributed by atoms with E-state index < -0.39 is 28.4 Å². The lowest BCUT2D eigenvalue weighted by atomic mass is 9.98. The van der Waals surface area contributed by atoms with E-state index >= 15 is 0 Å². The van der Waals surface area contributed by atoms with Gasteiger partial charge in [0, 0.05) is 27.2 Å². The highest BCUT2D eigenvalue weighted by molar-refractivity contribution is 9.10. The van der Waals surface area contributed by atoms with E-state index in [1.807, 2.05) is 0 Å². The van der Waals surface area contributed by atoms with E-state index in [1.165, 1.54) is 28.8 Å². The lowest BCUT2D eigenvalue weighted by Crippen LogP contribution is -2.60. The van der Waals surface area contributed by atoms with Crippen LogP contribution in [0, 0.1) is 0 Å². The molecule has 2 aromatic carbocycles. The lowest BCUT2D eigenvalue weighted by Gasteiger charge is -2.46. The molecule has 2 N–H and O–H groups in total. The summed E-state index contributed by atoms with van der Waals surface area (Å²) in [6, 6.07) is 9.41. The number of carbonyl (C=O) groups excluding carboxylic acids is 1. The molecule has 5 nitrogen and oxygen atoms in total. The van der Waals surface area contributed by atoms with Crippen LogP contribution in [-0.2, 0) is 11.0 Å². The molecule has 1 aliphatic heterocycles. The first-order valence-electron chi connectivity index (χ1n) is 9.02. The Morgan fingerprint density at radius 2 is 1.87 bits per heavy atom. The van der Waals surface area contributed by atoms with Crippen LogP contribution in [-0.4, -0.2) is 34.2 Å². The summed E-state index contributed by atoms with van der Waals surface area (Å²) in [4.78, 5) is 13.7. The van der Waals surface area contributed by atoms with Crippen molar-refractivity contribution < 1.29 is 27.9 Å². The topological polar surface area (TPSA) is 61.8 Å². The minimum atomic E-state index is -4.66. The third-order valence-electron chi connectivity index (χ3n) is 4.77. The summed E-state index contributed by atoms with van der Waals surface area (Å²) in [7, 11) is 0. The molecule has 0 unspecified atom stereocenters. The largest absolute Gasteiger partial charge is 0.457 e. The van der Waals surface area contributed by atoms with Crippen LogP contribution in [0.4, 0.5) is 18.9 Å². The molecule has 1 atom stereocenters. The van der Waals surface area contributed by atoms with Gasteiger partial charge in [-0.1, -0.05) is 15.9 Å². The van der Waals surface area contributed by atoms with Crippen LogP contribution >= 0.6 is 27.7 Å². The van der Waals surface area contributed by atoms with Gasteiger partial charge in [0.15, 0.2) is 0 Å². The number of alkyl halides is 3. The summed E-state index contributed by atoms with van der Waals surface area (Å²) in [5, 5.41) is 9.16. The highest BCUT2D eigenvalue weighted by Gasteiger charge is 2.46. The average molecular weight is 505 g/mol. The Kier molecular flexibility index (Phi) is 6.59. The molecule has 0 saturated carbocycles. The van der Waals surface area contributed by atoms with Gasteiger partial charge in [-0.3, -0.25) is 10.0 Å². The standard InChI is InChI=1S/C20H20BrF3N2O3S/c1-19(2)17(18(27)25-28)26(9-10-30-19)16-8-7-14(11-15(16)20(22,23)24)29-13-5-3-12(21)4-6-13/h3-8,11,17,28H,9-10H2,1-2H3,(H,25,27)/t17-/m0/s1. The number of carbonyl (C=O) groups is 1. The molecule has 10 heteroatoms. The van der Waals surface area contributed by atoms with Crippen LogP contribution < -0.4 is 15.1 Å². The van der Waals surface area contributed by atoms with Crippen molar-refractivity contribution in [2.45, 2.75) is 30.8 Å². The van der Waals surface area contributed by atoms with Gasteiger partial charge in [0.25, 0.3) is 5.91 Å². The molecule has 2 aromatic rings. The third-order valence-corrected chi connectivity index (χ3v) is 6.65. The van der Waals surface area contributed by atoms with E-state index in [2.05, 4.69) is 15.9 Å². The number of benzene rings is 2. The van der Waals surface area contributed by atoms with Gasteiger partial charge in [0.2, 0.25) is 0 Å². The Bertz CT molecular complexity index is 923. The zero-order chi connectivity index (χ0) is 22.1. The molecule has 0 bridgehead atoms. The number of hydrogen-bond donors (Lipinski definition) is 2. The number of nitrogens with zero attached hydrogens (tertiary/aromatic N) is 1. The quantitative estimate of drug-likeness (QED) is 0.427. The van der Waals surface area contributed by atoms with E-state index in [4.69, 9.17) is 9.94 Å². The number of ether oxygens (including phenoxy) is 1. The molecule has 1 fully saturated rings. The van der Waals surface area contributed by atoms with Crippen molar-refractivity contribution >= 4 is 39.3 Å². The third kappa shape index (κ3) is 4.87. The summed E-state index contributed by atoms with van der Waals surface area (Å²) in [6.07, 6.45) is -4.66. The second kappa shape index (κ2) is 8.68. The maximum absolute atomic E-state index is 13.9. The highest BCUT2D eigenvalue weighted by Crippen LogP contribution is 2.44. The van der Waals surface area contributed by atoms with Gasteiger partial charge in [0.05, 0.1) is 5.56 Å². The zero-order valence-corrected chi connectivity index (χ0v) is 18.6. The molecule has 0 aromatic heterocycles. The Morgan fingerprint density at radius 3 is 2.47 bits per heavy atom. The second-order valence-electron chi connectivity index (χ2n) is 7.26. The summed E-state index contributed by atoms with van der Waals surface area (Å²) in [5.41, 5.74) is 0.554. The van der Waals surface area contributed by atoms with Crippen molar-refractivity contribution in [2.24, 2.45) is 0 Å². The first-order valence-corrected chi connectivity index (χ1v) is 10.8. The van der Waals surface area contributed by atoms with Gasteiger partial charge < -0.3 is 9.64 Å². The minimum absolute atomic E-state index is 0.0298. The maximum Gasteiger partial charge on any atom is 0.418 e. The fourth-order valence-corrected chi connectivity index (χ4v) is 4.93. The predicted octanol–water partition coefficient (Wildman–Crippen LogP) is 5.47. The van der Waals surface area contributed by atoms with Crippen molar-refractivity contribution in [3.63, 3.8) is 0 Å². The predicted molar refractivity (Wildman–Crippen MR) is 113 cm³/mol. The van der Waals surface area contributed by atoms with Gasteiger partial charge >= 0.3 is 6.18 Å². The minimum Gasteiger partial charge on any atom is -0.457 e. The Labute approximate surface area is 184 Å². The fraction of sp³-hybridized carbons (Fsp3) is 0.350. The number of nitrogens with one attached hydrogen (secondary N) is 1. The molecule has 1 saturated heterocycles. The number of amides is 1. The summed E-state index contributed by atoms with van der Waals surface area (Å²) in [6.45, 7) is 3.76. The van der Waals surface area contributed by atoms with Gasteiger partial charge in [-0.2, -0.15) is 24.9 Å². The van der Waals surface area contributed by atoms with Crippen LogP contribution in [0.2, 0.25) is 0 Å². The van der Waals surface area contributed by atoms with Crippen LogP contribution in [0.5, 0.6) is 11.5 Å². The molecule has 1 aliphatic rings. The highest BCUT2D eigenvalue weighted by atomic mass is 79.9. The fourth-order valence-electron chi connectivity index (χ4n) is 3.46. The molecule has 0 spiro atoms. The summed E-state index contributed by atoms with van der Waals surface area (Å²) >= 11 is 4.76. The monoisotopic (exact) mass is 504 g/mol. The van der Waals surface area contributed by atoms with Gasteiger partial charge in [-0.25, -0.2) is 5.48 Å². The molecule has 0 aliphatic carbocycles. The first kappa shape index (κ1) is 22.8. The smallest absolute Gasteiger partial charge is 0.418 e. The second-order valence-corrected chi connectivity index (χ2v) is 9.92. The molecule has 162 valence electrons. The van der Waals surface area contributed by atoms with E-state index in [-0.39, 0.29) is 18.0 Å². The van der Waals surface area contributed by atoms with Crippen molar-refractivity contribution in [1.29, 1.82) is 0 Å². The Hall–Kier alpha value is -1.91. The van der Waals surface area contributed by atoms with E-state index in [0.29, 0.717) is 11.5 Å². The zero-order valence-electron chi connectivity index (χ0n) is 16.2. The maximum atomic E-state index is 13.9. The molecule has 1 heterocycles. The Morgan fingerprint density at radius 1 is 1.23 bits per heavy atom. The number of hydroxylamine groups is 1. The van der Waals surface area contributed by atoms with Crippen LogP contribution in [0.1, 0.15) is 19.4 Å². The first-order chi connectivity index (χ1) is 14.0. The van der Waals surface area contributed by atoms with Gasteiger partial charge in [-0.05, 0) is 56.3 Å². The van der Waals surface area contributed by atoms with Crippen molar-refractivity contribution in [3.8, 4) is 11.5 Å². The molecule has 3 rings (SSSR count). The molecule has 30 heavy (non-hydrogen) atoms. The Balaban J connectivity index is 2.03. The normalized spacial score (nSPS) is 18.8. The van der Waals surface area contributed by atoms with Crippen molar-refractivity contribution in [3.05, 3.63) is 52.5 Å². The average Bonchev–Trinajstić information content (AvgIpc) is 2.67. The summed E-state index contributed by atoms with van der Waals surface area (Å²) < 4.78 is 47.5. The van der Waals surface area contributed by atoms with Crippen molar-refractivity contribution in [1.82, 2.24) is 5.48 Å². The molecular formula is C20H20BrF3N2O3S. The number of halogens is 4. The molecule has 0 radical (unpaired) electrons. The SMILES string of the molecule is CC1(C)SCCN(c2ccc(Oc3ccc(Br)cc3)cc2C(F)(F)F)[C@H]1C(=O)NO. The van der Waals surface area contributed by atoms with E-state index in [9.17, 15) is 18.0 Å². The van der Waals surface area contributed by atoms with Crippen LogP contribution in [0.3, 0.4) is 0 Å². The van der Waals surface area contributed by atoms with Crippen molar-refractivity contribution in [2.75, 3.05) is 17.2 Å². The number of anilines is 1.